The number of pyridine rings is 2. The minimum absolute atomic E-state index is 0.775. The van der Waals surface area contributed by atoms with Crippen molar-refractivity contribution in [2.45, 2.75) is 19.4 Å². The highest BCUT2D eigenvalue weighted by atomic mass is 15.1. The molecule has 0 saturated carbocycles. The van der Waals surface area contributed by atoms with Gasteiger partial charge in [-0.2, -0.15) is 0 Å². The summed E-state index contributed by atoms with van der Waals surface area (Å²) in [5, 5.41) is 0. The number of rotatable bonds is 0. The van der Waals surface area contributed by atoms with E-state index in [2.05, 4.69) is 29.5 Å². The fourth-order valence-corrected chi connectivity index (χ4v) is 2.60. The van der Waals surface area contributed by atoms with E-state index in [0.717, 1.165) is 35.3 Å². The van der Waals surface area contributed by atoms with Crippen LogP contribution in [0.3, 0.4) is 0 Å². The number of imidazole rings is 2. The Bertz CT molecular complexity index is 861. The molecule has 1 aliphatic rings. The van der Waals surface area contributed by atoms with Crippen LogP contribution >= 0.6 is 0 Å². The van der Waals surface area contributed by atoms with Crippen molar-refractivity contribution >= 4 is 22.3 Å². The van der Waals surface area contributed by atoms with E-state index < -0.39 is 0 Å². The maximum absolute atomic E-state index is 4.49. The third-order valence-corrected chi connectivity index (χ3v) is 3.56. The molecule has 0 bridgehead atoms. The first-order valence-electron chi connectivity index (χ1n) is 6.96. The van der Waals surface area contributed by atoms with Crippen LogP contribution in [0.4, 0.5) is 0 Å². The number of nitrogens with zero attached hydrogens (tertiary/aromatic N) is 5. The predicted molar refractivity (Wildman–Crippen MR) is 79.7 cm³/mol. The molecule has 4 aromatic rings. The van der Waals surface area contributed by atoms with Gasteiger partial charge in [-0.25, -0.2) is 19.9 Å². The molecule has 104 valence electrons. The van der Waals surface area contributed by atoms with Crippen molar-refractivity contribution < 1.29 is 0 Å². The number of aromatic amines is 1. The Morgan fingerprint density at radius 3 is 2.90 bits per heavy atom. The molecule has 1 N–H and O–H groups in total. The molecule has 0 atom stereocenters. The minimum Gasteiger partial charge on any atom is -0.343 e. The number of fused-ring (bicyclic) bond motifs is 4. The Morgan fingerprint density at radius 1 is 1.05 bits per heavy atom. The standard InChI is InChI=1S/C9H9N3.C6H5N3/c1-3-7-9(10-5-1)12-6-2-4-8(12)11-7;1-2-5-6(7-3-1)9-4-8-5/h1,3,5H,2,4,6H2;1-4H,(H,7,8,9). The Balaban J connectivity index is 0.000000115. The number of aryl methyl sites for hydroxylation is 2. The second kappa shape index (κ2) is 4.97. The van der Waals surface area contributed by atoms with Gasteiger partial charge in [0.2, 0.25) is 0 Å². The topological polar surface area (TPSA) is 72.3 Å². The fraction of sp³-hybridized carbons (Fsp3) is 0.200. The van der Waals surface area contributed by atoms with Gasteiger partial charge in [-0.1, -0.05) is 0 Å². The molecule has 0 unspecified atom stereocenters. The van der Waals surface area contributed by atoms with Crippen LogP contribution in [-0.2, 0) is 13.0 Å². The first kappa shape index (κ1) is 12.0. The van der Waals surface area contributed by atoms with Gasteiger partial charge in [0, 0.05) is 25.4 Å². The predicted octanol–water partition coefficient (Wildman–Crippen LogP) is 2.34. The van der Waals surface area contributed by atoms with Crippen LogP contribution in [0.25, 0.3) is 22.3 Å². The van der Waals surface area contributed by atoms with Gasteiger partial charge in [0.05, 0.1) is 11.8 Å². The van der Waals surface area contributed by atoms with Gasteiger partial charge in [-0.15, -0.1) is 0 Å². The van der Waals surface area contributed by atoms with Gasteiger partial charge in [0.15, 0.2) is 11.3 Å². The van der Waals surface area contributed by atoms with Crippen molar-refractivity contribution in [3.05, 3.63) is 48.8 Å². The maximum atomic E-state index is 4.49. The maximum Gasteiger partial charge on any atom is 0.177 e. The molecule has 0 aromatic carbocycles. The SMILES string of the molecule is c1cnc2c(c1)nc1n2CCC1.c1cnc2nc[nH]c2c1. The lowest BCUT2D eigenvalue weighted by Gasteiger charge is -1.94. The van der Waals surface area contributed by atoms with Gasteiger partial charge < -0.3 is 9.55 Å². The van der Waals surface area contributed by atoms with Gasteiger partial charge in [-0.3, -0.25) is 0 Å². The lowest BCUT2D eigenvalue weighted by atomic mass is 10.3. The van der Waals surface area contributed by atoms with Crippen LogP contribution in [0.1, 0.15) is 12.2 Å². The Kier molecular flexibility index (Phi) is 2.85. The van der Waals surface area contributed by atoms with Crippen LogP contribution in [-0.4, -0.2) is 29.5 Å². The molecule has 0 amide bonds. The average molecular weight is 278 g/mol. The van der Waals surface area contributed by atoms with E-state index in [9.17, 15) is 0 Å². The summed E-state index contributed by atoms with van der Waals surface area (Å²) in [7, 11) is 0. The van der Waals surface area contributed by atoms with E-state index in [1.807, 2.05) is 30.5 Å². The quantitative estimate of drug-likeness (QED) is 0.536. The highest BCUT2D eigenvalue weighted by molar-refractivity contribution is 5.71. The molecular weight excluding hydrogens is 264 g/mol. The largest absolute Gasteiger partial charge is 0.343 e. The first-order valence-corrected chi connectivity index (χ1v) is 6.96. The van der Waals surface area contributed by atoms with Crippen LogP contribution in [0.5, 0.6) is 0 Å². The van der Waals surface area contributed by atoms with Crippen molar-refractivity contribution in [1.82, 2.24) is 29.5 Å². The first-order chi connectivity index (χ1) is 10.4. The summed E-state index contributed by atoms with van der Waals surface area (Å²) in [6.07, 6.45) is 7.52. The number of hydrogen-bond donors (Lipinski definition) is 1. The Labute approximate surface area is 120 Å². The molecule has 4 aromatic heterocycles. The van der Waals surface area contributed by atoms with E-state index in [-0.39, 0.29) is 0 Å². The second-order valence-corrected chi connectivity index (χ2v) is 4.91. The lowest BCUT2D eigenvalue weighted by Crippen LogP contribution is -1.92. The molecule has 5 rings (SSSR count). The van der Waals surface area contributed by atoms with Gasteiger partial charge in [0.25, 0.3) is 0 Å². The highest BCUT2D eigenvalue weighted by Gasteiger charge is 2.15. The van der Waals surface area contributed by atoms with Crippen LogP contribution in [0.15, 0.2) is 43.0 Å². The summed E-state index contributed by atoms with van der Waals surface area (Å²) in [6.45, 7) is 1.09. The second-order valence-electron chi connectivity index (χ2n) is 4.91. The van der Waals surface area contributed by atoms with Crippen molar-refractivity contribution in [2.75, 3.05) is 0 Å². The summed E-state index contributed by atoms with van der Waals surface area (Å²) >= 11 is 0. The number of hydrogen-bond acceptors (Lipinski definition) is 4. The zero-order chi connectivity index (χ0) is 14.1. The van der Waals surface area contributed by atoms with Crippen molar-refractivity contribution in [3.63, 3.8) is 0 Å². The van der Waals surface area contributed by atoms with Crippen LogP contribution in [0, 0.1) is 0 Å². The molecular formula is C15H14N6. The molecule has 0 saturated heterocycles. The average Bonchev–Trinajstić information content (AvgIpc) is 3.23. The Morgan fingerprint density at radius 2 is 1.95 bits per heavy atom. The minimum atomic E-state index is 0.775. The molecule has 6 heteroatoms. The molecule has 1 aliphatic heterocycles. The molecule has 6 nitrogen and oxygen atoms in total. The van der Waals surface area contributed by atoms with Gasteiger partial charge in [0.1, 0.15) is 11.3 Å². The van der Waals surface area contributed by atoms with E-state index in [1.54, 1.807) is 12.5 Å². The third kappa shape index (κ3) is 2.14. The smallest absolute Gasteiger partial charge is 0.177 e. The summed E-state index contributed by atoms with van der Waals surface area (Å²) in [4.78, 5) is 19.7. The zero-order valence-corrected chi connectivity index (χ0v) is 11.4. The van der Waals surface area contributed by atoms with Crippen molar-refractivity contribution in [3.8, 4) is 0 Å². The molecule has 0 fully saturated rings. The molecule has 21 heavy (non-hydrogen) atoms. The number of nitrogens with one attached hydrogen (secondary N) is 1. The van der Waals surface area contributed by atoms with Gasteiger partial charge in [-0.05, 0) is 30.7 Å². The lowest BCUT2D eigenvalue weighted by molar-refractivity contribution is 0.764. The number of aromatic nitrogens is 6. The van der Waals surface area contributed by atoms with Gasteiger partial charge >= 0.3 is 0 Å². The number of H-pyrrole nitrogens is 1. The van der Waals surface area contributed by atoms with E-state index in [0.29, 0.717) is 0 Å². The summed E-state index contributed by atoms with van der Waals surface area (Å²) < 4.78 is 2.22. The van der Waals surface area contributed by atoms with E-state index in [4.69, 9.17) is 0 Å². The molecule has 0 aliphatic carbocycles. The Hall–Kier alpha value is -2.76. The monoisotopic (exact) mass is 278 g/mol. The van der Waals surface area contributed by atoms with Crippen molar-refractivity contribution in [1.29, 1.82) is 0 Å². The fourth-order valence-electron chi connectivity index (χ4n) is 2.60. The highest BCUT2D eigenvalue weighted by Crippen LogP contribution is 2.20. The van der Waals surface area contributed by atoms with Crippen LogP contribution in [0.2, 0.25) is 0 Å². The van der Waals surface area contributed by atoms with E-state index >= 15 is 0 Å². The molecule has 5 heterocycles. The summed E-state index contributed by atoms with van der Waals surface area (Å²) in [6, 6.07) is 7.77. The summed E-state index contributed by atoms with van der Waals surface area (Å²) in [5.74, 6) is 1.20. The van der Waals surface area contributed by atoms with Crippen molar-refractivity contribution in [2.24, 2.45) is 0 Å². The normalized spacial score (nSPS) is 13.1. The zero-order valence-electron chi connectivity index (χ0n) is 11.4. The molecule has 0 radical (unpaired) electrons. The van der Waals surface area contributed by atoms with Crippen LogP contribution < -0.4 is 0 Å². The third-order valence-electron chi connectivity index (χ3n) is 3.56. The summed E-state index contributed by atoms with van der Waals surface area (Å²) in [5.41, 5.74) is 3.84. The molecule has 0 spiro atoms. The van der Waals surface area contributed by atoms with E-state index in [1.165, 1.54) is 12.2 Å².